The Labute approximate surface area is 138 Å². The third-order valence-corrected chi connectivity index (χ3v) is 5.43. The van der Waals surface area contributed by atoms with Crippen molar-refractivity contribution in [3.8, 4) is 5.75 Å². The molecule has 122 valence electrons. The lowest BCUT2D eigenvalue weighted by molar-refractivity contribution is -0.115. The van der Waals surface area contributed by atoms with Crippen LogP contribution in [0.15, 0.2) is 35.7 Å². The van der Waals surface area contributed by atoms with E-state index in [1.807, 2.05) is 17.5 Å². The molecule has 0 unspecified atom stereocenters. The van der Waals surface area contributed by atoms with Gasteiger partial charge in [0.25, 0.3) is 0 Å². The van der Waals surface area contributed by atoms with E-state index in [0.29, 0.717) is 30.2 Å². The number of hydrogen-bond donors (Lipinski definition) is 1. The van der Waals surface area contributed by atoms with Crippen LogP contribution >= 0.6 is 11.3 Å². The van der Waals surface area contributed by atoms with Crippen LogP contribution in [-0.4, -0.2) is 33.7 Å². The molecule has 2 heterocycles. The zero-order chi connectivity index (χ0) is 16.4. The first kappa shape index (κ1) is 15.8. The van der Waals surface area contributed by atoms with E-state index < -0.39 is 10.0 Å². The third kappa shape index (κ3) is 3.65. The summed E-state index contributed by atoms with van der Waals surface area (Å²) < 4.78 is 30.5. The van der Waals surface area contributed by atoms with E-state index in [2.05, 4.69) is 5.32 Å². The van der Waals surface area contributed by atoms with Crippen LogP contribution in [0.25, 0.3) is 0 Å². The normalized spacial score (nSPS) is 14.0. The highest BCUT2D eigenvalue weighted by atomic mass is 32.2. The standard InChI is InChI=1S/C15H16N2O4S2/c1-23(19,20)17-6-7-21-14-5-4-11(9-13(14)17)16-15(18)10-12-3-2-8-22-12/h2-5,8-9H,6-7,10H2,1H3,(H,16,18). The molecule has 0 spiro atoms. The zero-order valence-electron chi connectivity index (χ0n) is 12.5. The van der Waals surface area contributed by atoms with Crippen molar-refractivity contribution in [1.29, 1.82) is 0 Å². The van der Waals surface area contributed by atoms with Crippen LogP contribution in [0.1, 0.15) is 4.88 Å². The van der Waals surface area contributed by atoms with Gasteiger partial charge in [0.1, 0.15) is 12.4 Å². The number of amides is 1. The fourth-order valence-electron chi connectivity index (χ4n) is 2.39. The molecule has 1 aromatic carbocycles. The first-order valence-electron chi connectivity index (χ1n) is 7.00. The minimum atomic E-state index is -3.38. The van der Waals surface area contributed by atoms with Gasteiger partial charge in [-0.3, -0.25) is 9.10 Å². The number of fused-ring (bicyclic) bond motifs is 1. The fourth-order valence-corrected chi connectivity index (χ4v) is 4.00. The molecule has 0 fully saturated rings. The molecule has 0 saturated heterocycles. The Morgan fingerprint density at radius 2 is 2.22 bits per heavy atom. The summed E-state index contributed by atoms with van der Waals surface area (Å²) in [4.78, 5) is 13.0. The van der Waals surface area contributed by atoms with Gasteiger partial charge in [0.2, 0.25) is 15.9 Å². The van der Waals surface area contributed by atoms with Crippen molar-refractivity contribution in [2.45, 2.75) is 6.42 Å². The number of ether oxygens (including phenoxy) is 1. The monoisotopic (exact) mass is 352 g/mol. The molecule has 23 heavy (non-hydrogen) atoms. The van der Waals surface area contributed by atoms with E-state index in [1.165, 1.54) is 15.6 Å². The number of nitrogens with one attached hydrogen (secondary N) is 1. The SMILES string of the molecule is CS(=O)(=O)N1CCOc2ccc(NC(=O)Cc3cccs3)cc21. The van der Waals surface area contributed by atoms with Crippen LogP contribution in [0.5, 0.6) is 5.75 Å². The molecule has 1 N–H and O–H groups in total. The highest BCUT2D eigenvalue weighted by molar-refractivity contribution is 7.92. The Morgan fingerprint density at radius 3 is 2.91 bits per heavy atom. The summed E-state index contributed by atoms with van der Waals surface area (Å²) in [6.45, 7) is 0.572. The maximum Gasteiger partial charge on any atom is 0.232 e. The smallest absolute Gasteiger partial charge is 0.232 e. The minimum Gasteiger partial charge on any atom is -0.489 e. The van der Waals surface area contributed by atoms with Crippen molar-refractivity contribution in [3.63, 3.8) is 0 Å². The molecule has 0 aliphatic carbocycles. The summed E-state index contributed by atoms with van der Waals surface area (Å²) in [6.07, 6.45) is 1.45. The number of carbonyl (C=O) groups is 1. The molecule has 0 atom stereocenters. The highest BCUT2D eigenvalue weighted by Gasteiger charge is 2.25. The van der Waals surface area contributed by atoms with Gasteiger partial charge in [-0.1, -0.05) is 6.07 Å². The molecule has 1 amide bonds. The van der Waals surface area contributed by atoms with Gasteiger partial charge in [0, 0.05) is 10.6 Å². The highest BCUT2D eigenvalue weighted by Crippen LogP contribution is 2.35. The molecular weight excluding hydrogens is 336 g/mol. The first-order valence-corrected chi connectivity index (χ1v) is 9.73. The van der Waals surface area contributed by atoms with Gasteiger partial charge in [-0.15, -0.1) is 11.3 Å². The van der Waals surface area contributed by atoms with Gasteiger partial charge in [-0.25, -0.2) is 8.42 Å². The van der Waals surface area contributed by atoms with E-state index in [1.54, 1.807) is 18.2 Å². The van der Waals surface area contributed by atoms with Crippen molar-refractivity contribution < 1.29 is 17.9 Å². The van der Waals surface area contributed by atoms with E-state index >= 15 is 0 Å². The fraction of sp³-hybridized carbons (Fsp3) is 0.267. The largest absolute Gasteiger partial charge is 0.489 e. The van der Waals surface area contributed by atoms with Gasteiger partial charge < -0.3 is 10.1 Å². The predicted molar refractivity (Wildman–Crippen MR) is 90.8 cm³/mol. The predicted octanol–water partition coefficient (Wildman–Crippen LogP) is 2.09. The van der Waals surface area contributed by atoms with Crippen LogP contribution in [-0.2, 0) is 21.2 Å². The third-order valence-electron chi connectivity index (χ3n) is 3.38. The van der Waals surface area contributed by atoms with E-state index in [4.69, 9.17) is 4.74 Å². The number of sulfonamides is 1. The van der Waals surface area contributed by atoms with E-state index in [9.17, 15) is 13.2 Å². The number of carbonyl (C=O) groups excluding carboxylic acids is 1. The van der Waals surface area contributed by atoms with Gasteiger partial charge in [-0.2, -0.15) is 0 Å². The summed E-state index contributed by atoms with van der Waals surface area (Å²) in [5.74, 6) is 0.355. The van der Waals surface area contributed by atoms with Crippen LogP contribution in [0.2, 0.25) is 0 Å². The average molecular weight is 352 g/mol. The second kappa shape index (κ2) is 6.21. The number of anilines is 2. The molecule has 8 heteroatoms. The average Bonchev–Trinajstić information content (AvgIpc) is 2.98. The number of thiophene rings is 1. The Bertz CT molecular complexity index is 816. The van der Waals surface area contributed by atoms with Crippen molar-refractivity contribution >= 4 is 38.6 Å². The minimum absolute atomic E-state index is 0.143. The lowest BCUT2D eigenvalue weighted by Gasteiger charge is -2.29. The Morgan fingerprint density at radius 1 is 1.39 bits per heavy atom. The molecule has 1 aliphatic rings. The molecular formula is C15H16N2O4S2. The Kier molecular flexibility index (Phi) is 4.27. The molecule has 1 aromatic heterocycles. The quantitative estimate of drug-likeness (QED) is 0.914. The summed E-state index contributed by atoms with van der Waals surface area (Å²) in [6, 6.07) is 8.80. The van der Waals surface area contributed by atoms with E-state index in [-0.39, 0.29) is 12.5 Å². The number of rotatable bonds is 4. The van der Waals surface area contributed by atoms with Gasteiger partial charge in [0.05, 0.1) is 24.9 Å². The second-order valence-electron chi connectivity index (χ2n) is 5.17. The number of hydrogen-bond acceptors (Lipinski definition) is 5. The molecule has 0 bridgehead atoms. The number of benzene rings is 1. The van der Waals surface area contributed by atoms with Gasteiger partial charge in [0.15, 0.2) is 0 Å². The van der Waals surface area contributed by atoms with Gasteiger partial charge >= 0.3 is 0 Å². The van der Waals surface area contributed by atoms with Crippen molar-refractivity contribution in [2.75, 3.05) is 29.0 Å². The molecule has 0 saturated carbocycles. The maximum absolute atomic E-state index is 12.1. The lowest BCUT2D eigenvalue weighted by atomic mass is 10.2. The van der Waals surface area contributed by atoms with Crippen LogP contribution in [0.3, 0.4) is 0 Å². The summed E-state index contributed by atoms with van der Waals surface area (Å²) in [5.41, 5.74) is 0.997. The van der Waals surface area contributed by atoms with Crippen LogP contribution in [0, 0.1) is 0 Å². The number of nitrogens with zero attached hydrogens (tertiary/aromatic N) is 1. The lowest BCUT2D eigenvalue weighted by Crippen LogP contribution is -2.37. The van der Waals surface area contributed by atoms with Crippen molar-refractivity contribution in [1.82, 2.24) is 0 Å². The van der Waals surface area contributed by atoms with Crippen molar-refractivity contribution in [3.05, 3.63) is 40.6 Å². The van der Waals surface area contributed by atoms with Crippen LogP contribution < -0.4 is 14.4 Å². The maximum atomic E-state index is 12.1. The molecule has 6 nitrogen and oxygen atoms in total. The first-order chi connectivity index (χ1) is 10.9. The van der Waals surface area contributed by atoms with Gasteiger partial charge in [-0.05, 0) is 29.6 Å². The molecule has 2 aromatic rings. The molecule has 0 radical (unpaired) electrons. The molecule has 3 rings (SSSR count). The summed E-state index contributed by atoms with van der Waals surface area (Å²) in [5, 5.41) is 4.71. The van der Waals surface area contributed by atoms with Crippen molar-refractivity contribution in [2.24, 2.45) is 0 Å². The summed E-state index contributed by atoms with van der Waals surface area (Å²) in [7, 11) is -3.38. The van der Waals surface area contributed by atoms with E-state index in [0.717, 1.165) is 11.1 Å². The topological polar surface area (TPSA) is 75.7 Å². The Hall–Kier alpha value is -2.06. The zero-order valence-corrected chi connectivity index (χ0v) is 14.1. The second-order valence-corrected chi connectivity index (χ2v) is 8.11. The molecule has 1 aliphatic heterocycles. The Balaban J connectivity index is 1.81. The summed E-state index contributed by atoms with van der Waals surface area (Å²) >= 11 is 1.52. The van der Waals surface area contributed by atoms with Crippen LogP contribution in [0.4, 0.5) is 11.4 Å².